The van der Waals surface area contributed by atoms with Gasteiger partial charge in [-0.05, 0) is 118 Å². The second-order valence-corrected chi connectivity index (χ2v) is 23.5. The van der Waals surface area contributed by atoms with Crippen LogP contribution < -0.4 is 0 Å². The van der Waals surface area contributed by atoms with E-state index in [-0.39, 0.29) is 0 Å². The fourth-order valence-electron chi connectivity index (χ4n) is 13.0. The molecule has 0 radical (unpaired) electrons. The molecule has 446 valence electrons. The molecular formula is C88H54N8. The second kappa shape index (κ2) is 25.4. The Hall–Kier alpha value is -13.4. The fraction of sp³-hybridized carbons (Fsp3) is 0. The maximum Gasteiger partial charge on any atom is 0.164 e. The predicted octanol–water partition coefficient (Wildman–Crippen LogP) is 21.8. The van der Waals surface area contributed by atoms with Crippen molar-refractivity contribution in [3.05, 3.63) is 339 Å². The molecule has 0 N–H and O–H groups in total. The van der Waals surface area contributed by atoms with Gasteiger partial charge in [0.1, 0.15) is 0 Å². The molecule has 8 heteroatoms. The van der Waals surface area contributed by atoms with Crippen LogP contribution in [0.15, 0.2) is 328 Å². The van der Waals surface area contributed by atoms with Crippen LogP contribution in [-0.4, -0.2) is 29.9 Å². The van der Waals surface area contributed by atoms with E-state index in [4.69, 9.17) is 29.9 Å². The SMILES string of the molecule is N#Cc1cccc(-c2ccc(-c3ccc4c(-c5ccccc5-c5nc(-c6ccccc6)nc(-c6ccc(-c7c(-c8ccc(-c9ccccc9C#N)cc8)ccc8ccccc78)cc6)n5)cccc4c3-c3ccc(-c4nc(-c5ccccc5)nc(-c5ccccc5)n4)cc3)cc2)c1. The molecule has 0 bridgehead atoms. The van der Waals surface area contributed by atoms with Crippen molar-refractivity contribution in [1.29, 1.82) is 10.5 Å². The van der Waals surface area contributed by atoms with Gasteiger partial charge in [-0.1, -0.05) is 309 Å². The number of rotatable bonds is 13. The lowest BCUT2D eigenvalue weighted by Gasteiger charge is -2.18. The van der Waals surface area contributed by atoms with E-state index in [9.17, 15) is 10.5 Å². The zero-order valence-corrected chi connectivity index (χ0v) is 51.8. The lowest BCUT2D eigenvalue weighted by molar-refractivity contribution is 1.07. The van der Waals surface area contributed by atoms with Crippen molar-refractivity contribution in [3.63, 3.8) is 0 Å². The molecule has 96 heavy (non-hydrogen) atoms. The first-order valence-corrected chi connectivity index (χ1v) is 31.8. The van der Waals surface area contributed by atoms with Gasteiger partial charge in [-0.3, -0.25) is 0 Å². The van der Waals surface area contributed by atoms with Gasteiger partial charge in [0.2, 0.25) is 0 Å². The van der Waals surface area contributed by atoms with Crippen LogP contribution in [0.3, 0.4) is 0 Å². The van der Waals surface area contributed by atoms with Crippen LogP contribution in [0.25, 0.3) is 168 Å². The molecule has 0 unspecified atom stereocenters. The first-order valence-electron chi connectivity index (χ1n) is 31.8. The van der Waals surface area contributed by atoms with Crippen LogP contribution in [0.4, 0.5) is 0 Å². The smallest absolute Gasteiger partial charge is 0.164 e. The summed E-state index contributed by atoms with van der Waals surface area (Å²) in [7, 11) is 0. The molecule has 0 amide bonds. The van der Waals surface area contributed by atoms with Crippen molar-refractivity contribution in [2.75, 3.05) is 0 Å². The molecule has 0 fully saturated rings. The van der Waals surface area contributed by atoms with Gasteiger partial charge in [-0.2, -0.15) is 10.5 Å². The van der Waals surface area contributed by atoms with Crippen molar-refractivity contribution < 1.29 is 0 Å². The minimum absolute atomic E-state index is 0.546. The Balaban J connectivity index is 0.807. The number of nitrogens with zero attached hydrogens (tertiary/aromatic N) is 8. The maximum atomic E-state index is 9.90. The van der Waals surface area contributed by atoms with E-state index in [2.05, 4.69) is 194 Å². The largest absolute Gasteiger partial charge is 0.208 e. The van der Waals surface area contributed by atoms with E-state index in [1.807, 2.05) is 146 Å². The van der Waals surface area contributed by atoms with E-state index in [1.54, 1.807) is 0 Å². The second-order valence-electron chi connectivity index (χ2n) is 23.5. The molecule has 0 atom stereocenters. The lowest BCUT2D eigenvalue weighted by Crippen LogP contribution is -2.01. The first kappa shape index (κ1) is 57.7. The normalized spacial score (nSPS) is 11.1. The summed E-state index contributed by atoms with van der Waals surface area (Å²) in [6, 6.07) is 117. The maximum absolute atomic E-state index is 9.90. The molecule has 16 rings (SSSR count). The molecule has 2 aromatic heterocycles. The highest BCUT2D eigenvalue weighted by atomic mass is 15.0. The average Bonchev–Trinajstić information content (AvgIpc) is 0.762. The molecule has 0 aliphatic heterocycles. The Morgan fingerprint density at radius 3 is 1.11 bits per heavy atom. The monoisotopic (exact) mass is 1220 g/mol. The number of hydrogen-bond donors (Lipinski definition) is 0. The summed E-state index contributed by atoms with van der Waals surface area (Å²) in [6.07, 6.45) is 0. The van der Waals surface area contributed by atoms with Crippen LogP contribution in [0, 0.1) is 22.7 Å². The number of aromatic nitrogens is 6. The molecule has 0 aliphatic rings. The Labute approximate surface area is 555 Å². The molecule has 2 heterocycles. The highest BCUT2D eigenvalue weighted by Crippen LogP contribution is 2.45. The van der Waals surface area contributed by atoms with Gasteiger partial charge in [0.25, 0.3) is 0 Å². The molecule has 16 aromatic rings. The zero-order valence-electron chi connectivity index (χ0n) is 51.8. The Kier molecular flexibility index (Phi) is 15.2. The third-order valence-corrected chi connectivity index (χ3v) is 17.8. The van der Waals surface area contributed by atoms with E-state index in [1.165, 1.54) is 0 Å². The summed E-state index contributed by atoms with van der Waals surface area (Å²) in [4.78, 5) is 31.0. The Bertz CT molecular complexity index is 5630. The van der Waals surface area contributed by atoms with Crippen molar-refractivity contribution in [2.45, 2.75) is 0 Å². The van der Waals surface area contributed by atoms with E-state index >= 15 is 0 Å². The van der Waals surface area contributed by atoms with E-state index in [0.717, 1.165) is 133 Å². The Morgan fingerprint density at radius 2 is 0.573 bits per heavy atom. The summed E-state index contributed by atoms with van der Waals surface area (Å²) in [6.45, 7) is 0. The van der Waals surface area contributed by atoms with Crippen LogP contribution in [0.5, 0.6) is 0 Å². The van der Waals surface area contributed by atoms with E-state index < -0.39 is 0 Å². The molecule has 14 aromatic carbocycles. The summed E-state index contributed by atoms with van der Waals surface area (Å²) in [5.74, 6) is 3.43. The average molecular weight is 1220 g/mol. The third-order valence-electron chi connectivity index (χ3n) is 17.8. The third kappa shape index (κ3) is 11.2. The summed E-state index contributed by atoms with van der Waals surface area (Å²) >= 11 is 0. The van der Waals surface area contributed by atoms with Gasteiger partial charge < -0.3 is 0 Å². The molecule has 0 saturated heterocycles. The van der Waals surface area contributed by atoms with Crippen molar-refractivity contribution >= 4 is 21.5 Å². The number of nitriles is 2. The molecular weight excluding hydrogens is 1170 g/mol. The van der Waals surface area contributed by atoms with Crippen LogP contribution in [0.1, 0.15) is 11.1 Å². The van der Waals surface area contributed by atoms with Crippen LogP contribution in [0.2, 0.25) is 0 Å². The van der Waals surface area contributed by atoms with Gasteiger partial charge in [0, 0.05) is 33.4 Å². The van der Waals surface area contributed by atoms with Gasteiger partial charge in [-0.15, -0.1) is 0 Å². The summed E-state index contributed by atoms with van der Waals surface area (Å²) in [5.41, 5.74) is 20.9. The predicted molar refractivity (Wildman–Crippen MR) is 388 cm³/mol. The zero-order chi connectivity index (χ0) is 64.3. The van der Waals surface area contributed by atoms with Gasteiger partial charge in [0.15, 0.2) is 34.9 Å². The van der Waals surface area contributed by atoms with Gasteiger partial charge in [0.05, 0.1) is 23.3 Å². The van der Waals surface area contributed by atoms with E-state index in [0.29, 0.717) is 46.1 Å². The minimum Gasteiger partial charge on any atom is -0.208 e. The standard InChI is InChI=1S/C88H54N8/c89-55-57-18-16-27-70(54-57)58-34-36-61(37-35-58)75-52-53-78-76(32-17-33-79(78)82(75)64-44-48-68(49-45-64)86-92-83(65-20-4-1-5-21-65)91-84(93-86)66-22-6-2-7-23-66)77-30-14-15-31-80(77)88-95-85(67-24-8-3-9-25-67)94-87(96-88)69-46-42-63(43-47-69)81-73-29-13-10-19-59(73)50-51-74(81)62-40-38-60(39-41-62)72-28-12-11-26-71(72)56-90/h1-54H. The minimum atomic E-state index is 0.546. The van der Waals surface area contributed by atoms with Gasteiger partial charge >= 0.3 is 0 Å². The molecule has 0 saturated carbocycles. The number of fused-ring (bicyclic) bond motifs is 2. The number of benzene rings is 14. The molecule has 0 aliphatic carbocycles. The Morgan fingerprint density at radius 1 is 0.198 bits per heavy atom. The molecule has 8 nitrogen and oxygen atoms in total. The quantitative estimate of drug-likeness (QED) is 0.112. The van der Waals surface area contributed by atoms with Crippen molar-refractivity contribution in [2.24, 2.45) is 0 Å². The van der Waals surface area contributed by atoms with Crippen LogP contribution >= 0.6 is 0 Å². The first-order chi connectivity index (χ1) is 47.5. The lowest BCUT2D eigenvalue weighted by atomic mass is 9.86. The van der Waals surface area contributed by atoms with Crippen molar-refractivity contribution in [1.82, 2.24) is 29.9 Å². The fourth-order valence-corrected chi connectivity index (χ4v) is 13.0. The topological polar surface area (TPSA) is 125 Å². The summed E-state index contributed by atoms with van der Waals surface area (Å²) in [5, 5.41) is 24.1. The van der Waals surface area contributed by atoms with Gasteiger partial charge in [-0.25, -0.2) is 29.9 Å². The van der Waals surface area contributed by atoms with Crippen LogP contribution in [-0.2, 0) is 0 Å². The highest BCUT2D eigenvalue weighted by molar-refractivity contribution is 6.11. The summed E-state index contributed by atoms with van der Waals surface area (Å²) < 4.78 is 0. The molecule has 0 spiro atoms. The van der Waals surface area contributed by atoms with Crippen molar-refractivity contribution in [3.8, 4) is 158 Å². The highest BCUT2D eigenvalue weighted by Gasteiger charge is 2.22. The number of hydrogen-bond acceptors (Lipinski definition) is 8.